The van der Waals surface area contributed by atoms with Crippen LogP contribution in [0, 0.1) is 12.7 Å². The number of rotatable bonds is 4. The van der Waals surface area contributed by atoms with Crippen molar-refractivity contribution < 1.29 is 18.8 Å². The lowest BCUT2D eigenvalue weighted by Crippen LogP contribution is -2.36. The van der Waals surface area contributed by atoms with Gasteiger partial charge in [0.1, 0.15) is 5.82 Å². The van der Waals surface area contributed by atoms with Crippen LogP contribution in [-0.4, -0.2) is 34.2 Å². The van der Waals surface area contributed by atoms with E-state index in [1.807, 2.05) is 31.2 Å². The number of primary amides is 1. The van der Waals surface area contributed by atoms with Crippen molar-refractivity contribution in [2.75, 3.05) is 11.9 Å². The molecule has 9 heteroatoms. The molecule has 1 aliphatic heterocycles. The fourth-order valence-electron chi connectivity index (χ4n) is 4.23. The molecule has 0 fully saturated rings. The summed E-state index contributed by atoms with van der Waals surface area (Å²) < 4.78 is 14.8. The van der Waals surface area contributed by atoms with E-state index in [-0.39, 0.29) is 17.2 Å². The van der Waals surface area contributed by atoms with Gasteiger partial charge in [-0.2, -0.15) is 0 Å². The predicted molar refractivity (Wildman–Crippen MR) is 132 cm³/mol. The summed E-state index contributed by atoms with van der Waals surface area (Å²) in [7, 11) is 0. The summed E-state index contributed by atoms with van der Waals surface area (Å²) in [6, 6.07) is 14.6. The molecule has 4 aromatic rings. The van der Waals surface area contributed by atoms with Gasteiger partial charge in [0.2, 0.25) is 0 Å². The molecule has 1 aromatic heterocycles. The minimum atomic E-state index is -0.916. The highest BCUT2D eigenvalue weighted by molar-refractivity contribution is 7.18. The lowest BCUT2D eigenvalue weighted by Gasteiger charge is -2.29. The number of aryl methyl sites for hydroxylation is 1. The number of thiazole rings is 1. The van der Waals surface area contributed by atoms with Crippen molar-refractivity contribution in [1.29, 1.82) is 0 Å². The molecule has 0 saturated heterocycles. The van der Waals surface area contributed by atoms with Gasteiger partial charge in [0.25, 0.3) is 17.7 Å². The number of hydrogen-bond donors (Lipinski definition) is 2. The first kappa shape index (κ1) is 22.7. The average Bonchev–Trinajstić information content (AvgIpc) is 3.23. The van der Waals surface area contributed by atoms with Crippen molar-refractivity contribution in [2.45, 2.75) is 19.9 Å². The highest BCUT2D eigenvalue weighted by atomic mass is 32.1. The van der Waals surface area contributed by atoms with Crippen molar-refractivity contribution >= 4 is 45.0 Å². The Morgan fingerprint density at radius 1 is 1.03 bits per heavy atom. The van der Waals surface area contributed by atoms with Crippen molar-refractivity contribution in [3.63, 3.8) is 0 Å². The zero-order valence-electron chi connectivity index (χ0n) is 18.8. The molecule has 35 heavy (non-hydrogen) atoms. The van der Waals surface area contributed by atoms with E-state index in [1.54, 1.807) is 28.4 Å². The quantitative estimate of drug-likeness (QED) is 0.447. The molecule has 0 radical (unpaired) electrons. The van der Waals surface area contributed by atoms with Gasteiger partial charge >= 0.3 is 0 Å². The minimum Gasteiger partial charge on any atom is -0.366 e. The zero-order chi connectivity index (χ0) is 24.7. The number of fused-ring (bicyclic) bond motifs is 2. The molecule has 0 bridgehead atoms. The maximum absolute atomic E-state index is 13.7. The number of halogens is 1. The van der Waals surface area contributed by atoms with Crippen LogP contribution < -0.4 is 11.1 Å². The fraction of sp³-hybridized carbons (Fsp3) is 0.154. The Balaban J connectivity index is 1.34. The van der Waals surface area contributed by atoms with Gasteiger partial charge in [-0.1, -0.05) is 6.07 Å². The number of amides is 3. The number of anilines is 1. The molecule has 0 spiro atoms. The Hall–Kier alpha value is -4.11. The van der Waals surface area contributed by atoms with Gasteiger partial charge in [-0.05, 0) is 73.0 Å². The predicted octanol–water partition coefficient (Wildman–Crippen LogP) is 4.29. The van der Waals surface area contributed by atoms with Crippen molar-refractivity contribution in [1.82, 2.24) is 9.88 Å². The summed E-state index contributed by atoms with van der Waals surface area (Å²) in [5.74, 6) is -2.16. The number of nitrogens with zero attached hydrogens (tertiary/aromatic N) is 2. The van der Waals surface area contributed by atoms with Gasteiger partial charge in [-0.3, -0.25) is 14.4 Å². The third-order valence-electron chi connectivity index (χ3n) is 6.00. The summed E-state index contributed by atoms with van der Waals surface area (Å²) in [4.78, 5) is 43.6. The summed E-state index contributed by atoms with van der Waals surface area (Å²) in [5, 5.41) is 3.62. The minimum absolute atomic E-state index is 0.0802. The highest BCUT2D eigenvalue weighted by Crippen LogP contribution is 2.26. The summed E-state index contributed by atoms with van der Waals surface area (Å²) in [6.45, 7) is 2.90. The van der Waals surface area contributed by atoms with Crippen LogP contribution in [0.1, 0.15) is 47.2 Å². The lowest BCUT2D eigenvalue weighted by atomic mass is 9.96. The summed E-state index contributed by atoms with van der Waals surface area (Å²) in [5.41, 5.74) is 8.90. The first-order valence-corrected chi connectivity index (χ1v) is 11.8. The molecule has 3 N–H and O–H groups in total. The number of carbonyl (C=O) groups excluding carboxylic acids is 3. The molecule has 3 aromatic carbocycles. The summed E-state index contributed by atoms with van der Waals surface area (Å²) in [6.07, 6.45) is 0.682. The van der Waals surface area contributed by atoms with Gasteiger partial charge < -0.3 is 16.0 Å². The highest BCUT2D eigenvalue weighted by Gasteiger charge is 2.23. The van der Waals surface area contributed by atoms with Crippen LogP contribution in [-0.2, 0) is 13.0 Å². The number of nitrogens with one attached hydrogen (secondary N) is 1. The van der Waals surface area contributed by atoms with Crippen LogP contribution in [0.3, 0.4) is 0 Å². The SMILES string of the molecule is Cc1nc2cc(C(=O)N3CCc4ccc(C(=O)Nc5ccc(F)c(C(N)=O)c5)cc4C3)ccc2s1. The van der Waals surface area contributed by atoms with Gasteiger partial charge in [0, 0.05) is 29.9 Å². The molecule has 0 aliphatic carbocycles. The van der Waals surface area contributed by atoms with E-state index in [2.05, 4.69) is 10.3 Å². The molecule has 176 valence electrons. The molecule has 5 rings (SSSR count). The topological polar surface area (TPSA) is 105 Å². The largest absolute Gasteiger partial charge is 0.366 e. The maximum Gasteiger partial charge on any atom is 0.255 e. The first-order chi connectivity index (χ1) is 16.8. The smallest absolute Gasteiger partial charge is 0.255 e. The Labute approximate surface area is 204 Å². The van der Waals surface area contributed by atoms with Crippen molar-refractivity contribution in [3.05, 3.63) is 93.2 Å². The Morgan fingerprint density at radius 3 is 2.63 bits per heavy atom. The van der Waals surface area contributed by atoms with Crippen molar-refractivity contribution in [2.24, 2.45) is 5.73 Å². The Morgan fingerprint density at radius 2 is 1.83 bits per heavy atom. The molecule has 0 atom stereocenters. The molecular formula is C26H21FN4O3S. The van der Waals surface area contributed by atoms with Crippen LogP contribution in [0.15, 0.2) is 54.6 Å². The lowest BCUT2D eigenvalue weighted by molar-refractivity contribution is 0.0734. The molecule has 1 aliphatic rings. The number of hydrogen-bond acceptors (Lipinski definition) is 5. The second-order valence-electron chi connectivity index (χ2n) is 8.39. The van der Waals surface area contributed by atoms with E-state index in [9.17, 15) is 18.8 Å². The Kier molecular flexibility index (Phi) is 5.78. The number of benzene rings is 3. The monoisotopic (exact) mass is 488 g/mol. The maximum atomic E-state index is 13.7. The third-order valence-corrected chi connectivity index (χ3v) is 6.95. The number of nitrogens with two attached hydrogens (primary N) is 1. The molecule has 2 heterocycles. The van der Waals surface area contributed by atoms with Crippen LogP contribution >= 0.6 is 11.3 Å². The van der Waals surface area contributed by atoms with Crippen LogP contribution in [0.2, 0.25) is 0 Å². The van der Waals surface area contributed by atoms with Crippen LogP contribution in [0.4, 0.5) is 10.1 Å². The van der Waals surface area contributed by atoms with Crippen LogP contribution in [0.5, 0.6) is 0 Å². The van der Waals surface area contributed by atoms with Gasteiger partial charge in [0.05, 0.1) is 20.8 Å². The zero-order valence-corrected chi connectivity index (χ0v) is 19.6. The van der Waals surface area contributed by atoms with E-state index >= 15 is 0 Å². The molecule has 3 amide bonds. The normalized spacial score (nSPS) is 12.9. The van der Waals surface area contributed by atoms with Gasteiger partial charge in [-0.25, -0.2) is 9.37 Å². The number of aromatic nitrogens is 1. The number of carbonyl (C=O) groups is 3. The van der Waals surface area contributed by atoms with Crippen LogP contribution in [0.25, 0.3) is 10.2 Å². The Bertz CT molecular complexity index is 1510. The standard InChI is InChI=1S/C26H21FN4O3S/c1-14-29-22-11-17(4-7-23(22)35-14)26(34)31-9-8-15-2-3-16(10-18(15)13-31)25(33)30-19-5-6-21(27)20(12-19)24(28)32/h2-7,10-12H,8-9,13H2,1H3,(H2,28,32)(H,30,33). The van der Waals surface area contributed by atoms with E-state index in [0.717, 1.165) is 32.4 Å². The molecule has 0 saturated carbocycles. The van der Waals surface area contributed by atoms with Gasteiger partial charge in [0.15, 0.2) is 0 Å². The third kappa shape index (κ3) is 4.50. The van der Waals surface area contributed by atoms with Gasteiger partial charge in [-0.15, -0.1) is 11.3 Å². The second kappa shape index (κ2) is 8.92. The second-order valence-corrected chi connectivity index (χ2v) is 9.62. The van der Waals surface area contributed by atoms with E-state index in [1.165, 1.54) is 12.1 Å². The van der Waals surface area contributed by atoms with E-state index < -0.39 is 17.6 Å². The van der Waals surface area contributed by atoms with E-state index in [4.69, 9.17) is 5.73 Å². The van der Waals surface area contributed by atoms with Crippen molar-refractivity contribution in [3.8, 4) is 0 Å². The summed E-state index contributed by atoms with van der Waals surface area (Å²) >= 11 is 1.59. The van der Waals surface area contributed by atoms with E-state index in [0.29, 0.717) is 30.6 Å². The first-order valence-electron chi connectivity index (χ1n) is 11.0. The fourth-order valence-corrected chi connectivity index (χ4v) is 5.03. The average molecular weight is 489 g/mol. The molecular weight excluding hydrogens is 467 g/mol. The molecule has 7 nitrogen and oxygen atoms in total. The molecule has 0 unspecified atom stereocenters.